The van der Waals surface area contributed by atoms with Crippen LogP contribution in [0.15, 0.2) is 42.5 Å². The first-order valence-corrected chi connectivity index (χ1v) is 9.29. The van der Waals surface area contributed by atoms with Gasteiger partial charge in [0.1, 0.15) is 18.1 Å². The number of rotatable bonds is 10. The molecule has 0 saturated carbocycles. The molecule has 26 heavy (non-hydrogen) atoms. The maximum Gasteiger partial charge on any atom is 0.121 e. The van der Waals surface area contributed by atoms with E-state index in [0.717, 1.165) is 43.4 Å². The number of aromatic hydroxyl groups is 1. The van der Waals surface area contributed by atoms with E-state index in [1.807, 2.05) is 32.0 Å². The Balaban J connectivity index is 1.85. The molecule has 0 saturated heterocycles. The van der Waals surface area contributed by atoms with Gasteiger partial charge in [-0.2, -0.15) is 0 Å². The van der Waals surface area contributed by atoms with Crippen molar-refractivity contribution in [2.45, 2.75) is 64.8 Å². The van der Waals surface area contributed by atoms with Gasteiger partial charge >= 0.3 is 0 Å². The molecule has 1 atom stereocenters. The van der Waals surface area contributed by atoms with Gasteiger partial charge in [0, 0.05) is 5.56 Å². The van der Waals surface area contributed by atoms with Crippen LogP contribution in [0.5, 0.6) is 11.5 Å². The number of hydrogen-bond acceptors (Lipinski definition) is 4. The smallest absolute Gasteiger partial charge is 0.121 e. The minimum Gasteiger partial charge on any atom is -0.508 e. The molecule has 0 bridgehead atoms. The van der Waals surface area contributed by atoms with Gasteiger partial charge in [0.15, 0.2) is 0 Å². The summed E-state index contributed by atoms with van der Waals surface area (Å²) in [5, 5.41) is 28.9. The highest BCUT2D eigenvalue weighted by Crippen LogP contribution is 2.22. The molecule has 0 fully saturated rings. The molecule has 0 radical (unpaired) electrons. The number of benzene rings is 2. The summed E-state index contributed by atoms with van der Waals surface area (Å²) in [6.45, 7) is 4.10. The predicted molar refractivity (Wildman–Crippen MR) is 103 cm³/mol. The topological polar surface area (TPSA) is 69.9 Å². The fraction of sp³-hybridized carbons (Fsp3) is 0.455. The molecule has 0 aliphatic rings. The maximum atomic E-state index is 10.0. The molecule has 0 aromatic heterocycles. The van der Waals surface area contributed by atoms with Crippen LogP contribution in [0.3, 0.4) is 0 Å². The number of aliphatic hydroxyl groups is 2. The molecule has 3 N–H and O–H groups in total. The van der Waals surface area contributed by atoms with Gasteiger partial charge in [0.25, 0.3) is 0 Å². The summed E-state index contributed by atoms with van der Waals surface area (Å²) in [7, 11) is 0. The number of hydrogen-bond donors (Lipinski definition) is 3. The third-order valence-electron chi connectivity index (χ3n) is 4.81. The van der Waals surface area contributed by atoms with Gasteiger partial charge < -0.3 is 20.1 Å². The van der Waals surface area contributed by atoms with Gasteiger partial charge in [0.05, 0.1) is 12.2 Å². The van der Waals surface area contributed by atoms with E-state index in [9.17, 15) is 15.3 Å². The van der Waals surface area contributed by atoms with E-state index in [-0.39, 0.29) is 12.4 Å². The van der Waals surface area contributed by atoms with E-state index in [0.29, 0.717) is 12.2 Å². The lowest BCUT2D eigenvalue weighted by Crippen LogP contribution is -2.22. The first-order chi connectivity index (χ1) is 12.4. The quantitative estimate of drug-likeness (QED) is 0.553. The molecule has 4 heteroatoms. The molecule has 0 heterocycles. The van der Waals surface area contributed by atoms with Crippen LogP contribution in [-0.4, -0.2) is 20.9 Å². The van der Waals surface area contributed by atoms with Crippen molar-refractivity contribution in [2.24, 2.45) is 0 Å². The fourth-order valence-corrected chi connectivity index (χ4v) is 2.82. The Hall–Kier alpha value is -2.04. The normalized spacial score (nSPS) is 13.4. The van der Waals surface area contributed by atoms with Crippen molar-refractivity contribution in [1.82, 2.24) is 0 Å². The lowest BCUT2D eigenvalue weighted by atomic mass is 9.95. The largest absolute Gasteiger partial charge is 0.508 e. The van der Waals surface area contributed by atoms with E-state index in [1.165, 1.54) is 5.56 Å². The summed E-state index contributed by atoms with van der Waals surface area (Å²) in [5.74, 6) is 0.905. The zero-order chi connectivity index (χ0) is 19.0. The fourth-order valence-electron chi connectivity index (χ4n) is 2.82. The van der Waals surface area contributed by atoms with Gasteiger partial charge in [-0.3, -0.25) is 0 Å². The molecule has 2 aromatic carbocycles. The van der Waals surface area contributed by atoms with Crippen molar-refractivity contribution in [2.75, 3.05) is 0 Å². The van der Waals surface area contributed by atoms with Gasteiger partial charge in [0.2, 0.25) is 0 Å². The molecule has 4 nitrogen and oxygen atoms in total. The molecule has 2 rings (SSSR count). The predicted octanol–water partition coefficient (Wildman–Crippen LogP) is 4.34. The standard InChI is InChI=1S/C22H30O4/c1-3-22(2,25)12-5-4-7-17-8-6-9-20(14-17)26-16-18-10-11-21(24)19(13-18)15-23/h6,8-11,13-14,23-25H,3-5,7,12,15-16H2,1-2H3. The second-order valence-electron chi connectivity index (χ2n) is 7.11. The third-order valence-corrected chi connectivity index (χ3v) is 4.81. The molecular formula is C22H30O4. The highest BCUT2D eigenvalue weighted by Gasteiger charge is 2.16. The first-order valence-electron chi connectivity index (χ1n) is 9.29. The summed E-state index contributed by atoms with van der Waals surface area (Å²) >= 11 is 0. The van der Waals surface area contributed by atoms with Crippen molar-refractivity contribution >= 4 is 0 Å². The van der Waals surface area contributed by atoms with Crippen LogP contribution in [0.4, 0.5) is 0 Å². The first kappa shape index (κ1) is 20.3. The van der Waals surface area contributed by atoms with Gasteiger partial charge in [-0.25, -0.2) is 0 Å². The van der Waals surface area contributed by atoms with Crippen molar-refractivity contribution in [3.8, 4) is 11.5 Å². The SMILES string of the molecule is CCC(C)(O)CCCCc1cccc(OCc2ccc(O)c(CO)c2)c1. The van der Waals surface area contributed by atoms with Crippen LogP contribution in [0.1, 0.15) is 56.2 Å². The van der Waals surface area contributed by atoms with Crippen LogP contribution in [0.25, 0.3) is 0 Å². The van der Waals surface area contributed by atoms with Crippen LogP contribution < -0.4 is 4.74 Å². The molecule has 1 unspecified atom stereocenters. The number of unbranched alkanes of at least 4 members (excludes halogenated alkanes) is 1. The summed E-state index contributed by atoms with van der Waals surface area (Å²) in [5.41, 5.74) is 2.07. The summed E-state index contributed by atoms with van der Waals surface area (Å²) < 4.78 is 5.85. The highest BCUT2D eigenvalue weighted by molar-refractivity contribution is 5.36. The zero-order valence-corrected chi connectivity index (χ0v) is 15.7. The molecule has 0 aliphatic carbocycles. The van der Waals surface area contributed by atoms with Crippen LogP contribution >= 0.6 is 0 Å². The minimum absolute atomic E-state index is 0.0975. The molecule has 142 valence electrons. The average molecular weight is 358 g/mol. The van der Waals surface area contributed by atoms with Gasteiger partial charge in [-0.05, 0) is 68.0 Å². The van der Waals surface area contributed by atoms with Crippen molar-refractivity contribution in [3.05, 3.63) is 59.2 Å². The number of aryl methyl sites for hydroxylation is 1. The summed E-state index contributed by atoms with van der Waals surface area (Å²) in [6, 6.07) is 13.2. The highest BCUT2D eigenvalue weighted by atomic mass is 16.5. The average Bonchev–Trinajstić information content (AvgIpc) is 2.65. The molecule has 0 amide bonds. The van der Waals surface area contributed by atoms with E-state index >= 15 is 0 Å². The van der Waals surface area contributed by atoms with Crippen LogP contribution in [0, 0.1) is 0 Å². The molecule has 0 aliphatic heterocycles. The van der Waals surface area contributed by atoms with E-state index in [4.69, 9.17) is 4.74 Å². The Labute approximate surface area is 156 Å². The molecule has 2 aromatic rings. The van der Waals surface area contributed by atoms with Crippen molar-refractivity contribution in [1.29, 1.82) is 0 Å². The number of phenols is 1. The Morgan fingerprint density at radius 1 is 1.04 bits per heavy atom. The molecular weight excluding hydrogens is 328 g/mol. The lowest BCUT2D eigenvalue weighted by Gasteiger charge is -2.20. The van der Waals surface area contributed by atoms with E-state index in [2.05, 4.69) is 6.07 Å². The lowest BCUT2D eigenvalue weighted by molar-refractivity contribution is 0.0444. The Kier molecular flexibility index (Phi) is 7.49. The van der Waals surface area contributed by atoms with Gasteiger partial charge in [-0.15, -0.1) is 0 Å². The Morgan fingerprint density at radius 3 is 2.58 bits per heavy atom. The zero-order valence-electron chi connectivity index (χ0n) is 15.7. The Morgan fingerprint density at radius 2 is 1.85 bits per heavy atom. The van der Waals surface area contributed by atoms with Crippen LogP contribution in [0.2, 0.25) is 0 Å². The number of ether oxygens (including phenoxy) is 1. The third kappa shape index (κ3) is 6.36. The van der Waals surface area contributed by atoms with E-state index < -0.39 is 5.60 Å². The van der Waals surface area contributed by atoms with Crippen LogP contribution in [-0.2, 0) is 19.6 Å². The monoisotopic (exact) mass is 358 g/mol. The Bertz CT molecular complexity index is 694. The molecule has 0 spiro atoms. The summed E-state index contributed by atoms with van der Waals surface area (Å²) in [4.78, 5) is 0. The summed E-state index contributed by atoms with van der Waals surface area (Å²) in [6.07, 6.45) is 4.62. The second-order valence-corrected chi connectivity index (χ2v) is 7.11. The van der Waals surface area contributed by atoms with Gasteiger partial charge in [-0.1, -0.05) is 31.5 Å². The van der Waals surface area contributed by atoms with Crippen molar-refractivity contribution in [3.63, 3.8) is 0 Å². The van der Waals surface area contributed by atoms with Crippen molar-refractivity contribution < 1.29 is 20.1 Å². The second kappa shape index (κ2) is 9.60. The minimum atomic E-state index is -0.553. The maximum absolute atomic E-state index is 10.0. The van der Waals surface area contributed by atoms with E-state index in [1.54, 1.807) is 18.2 Å². The number of aliphatic hydroxyl groups excluding tert-OH is 1.